The van der Waals surface area contributed by atoms with Crippen molar-refractivity contribution in [2.75, 3.05) is 6.61 Å². The Hall–Kier alpha value is -0.0400. The molecule has 0 amide bonds. The number of aliphatic hydroxyl groups excluding tert-OH is 1. The van der Waals surface area contributed by atoms with Gasteiger partial charge in [0, 0.05) is 6.61 Å². The quantitative estimate of drug-likeness (QED) is 0.628. The van der Waals surface area contributed by atoms with Crippen LogP contribution in [0, 0.1) is 11.8 Å². The van der Waals surface area contributed by atoms with Crippen LogP contribution in [0.15, 0.2) is 0 Å². The van der Waals surface area contributed by atoms with Crippen LogP contribution in [0.4, 0.5) is 0 Å². The Morgan fingerprint density at radius 3 is 2.00 bits per heavy atom. The molecule has 0 saturated heterocycles. The van der Waals surface area contributed by atoms with Gasteiger partial charge < -0.3 is 5.11 Å². The minimum absolute atomic E-state index is 0.344. The lowest BCUT2D eigenvalue weighted by molar-refractivity contribution is 0.222. The minimum atomic E-state index is 0.344. The van der Waals surface area contributed by atoms with E-state index in [0.29, 0.717) is 12.5 Å². The van der Waals surface area contributed by atoms with Crippen molar-refractivity contribution in [1.29, 1.82) is 0 Å². The van der Waals surface area contributed by atoms with Gasteiger partial charge in [-0.05, 0) is 18.3 Å². The fourth-order valence-electron chi connectivity index (χ4n) is 0.864. The predicted molar refractivity (Wildman–Crippen MR) is 44.9 cm³/mol. The Morgan fingerprint density at radius 1 is 1.10 bits per heavy atom. The summed E-state index contributed by atoms with van der Waals surface area (Å²) in [6, 6.07) is 0. The monoisotopic (exact) mass is 144 g/mol. The molecule has 2 atom stereocenters. The lowest BCUT2D eigenvalue weighted by Crippen LogP contribution is -2.03. The highest BCUT2D eigenvalue weighted by Gasteiger charge is 2.02. The normalized spacial score (nSPS) is 16.8. The summed E-state index contributed by atoms with van der Waals surface area (Å²) in [5.74, 6) is 1.32. The highest BCUT2D eigenvalue weighted by molar-refractivity contribution is 4.55. The van der Waals surface area contributed by atoms with Crippen LogP contribution in [-0.4, -0.2) is 11.7 Å². The lowest BCUT2D eigenvalue weighted by Gasteiger charge is -2.11. The van der Waals surface area contributed by atoms with Crippen molar-refractivity contribution < 1.29 is 5.11 Å². The molecular weight excluding hydrogens is 124 g/mol. The highest BCUT2D eigenvalue weighted by atomic mass is 16.3. The molecule has 0 aromatic heterocycles. The average Bonchev–Trinajstić information content (AvgIpc) is 1.99. The molecule has 0 unspecified atom stereocenters. The van der Waals surface area contributed by atoms with Crippen LogP contribution in [0.3, 0.4) is 0 Å². The molecule has 0 rings (SSSR count). The Kier molecular flexibility index (Phi) is 5.70. The van der Waals surface area contributed by atoms with Gasteiger partial charge in [-0.3, -0.25) is 0 Å². The Labute approximate surface area is 64.5 Å². The largest absolute Gasteiger partial charge is 0.396 e. The summed E-state index contributed by atoms with van der Waals surface area (Å²) in [6.07, 6.45) is 3.70. The SMILES string of the molecule is CC[C@H](C)CC[C@@H](C)CO. The van der Waals surface area contributed by atoms with Crippen molar-refractivity contribution in [3.63, 3.8) is 0 Å². The molecule has 0 bridgehead atoms. The van der Waals surface area contributed by atoms with Gasteiger partial charge >= 0.3 is 0 Å². The topological polar surface area (TPSA) is 20.2 Å². The van der Waals surface area contributed by atoms with Crippen molar-refractivity contribution >= 4 is 0 Å². The van der Waals surface area contributed by atoms with Crippen molar-refractivity contribution in [2.24, 2.45) is 11.8 Å². The number of rotatable bonds is 5. The van der Waals surface area contributed by atoms with Crippen molar-refractivity contribution in [3.8, 4) is 0 Å². The second kappa shape index (κ2) is 5.72. The summed E-state index contributed by atoms with van der Waals surface area (Å²) < 4.78 is 0. The lowest BCUT2D eigenvalue weighted by atomic mass is 9.97. The third-order valence-corrected chi connectivity index (χ3v) is 2.16. The van der Waals surface area contributed by atoms with Crippen molar-refractivity contribution in [1.82, 2.24) is 0 Å². The van der Waals surface area contributed by atoms with Crippen LogP contribution < -0.4 is 0 Å². The maximum atomic E-state index is 8.72. The number of hydrogen-bond donors (Lipinski definition) is 1. The molecule has 0 radical (unpaired) electrons. The van der Waals surface area contributed by atoms with Crippen LogP contribution in [0.5, 0.6) is 0 Å². The maximum Gasteiger partial charge on any atom is 0.0456 e. The van der Waals surface area contributed by atoms with Gasteiger partial charge in [0.2, 0.25) is 0 Å². The maximum absolute atomic E-state index is 8.72. The fourth-order valence-corrected chi connectivity index (χ4v) is 0.864. The zero-order valence-electron chi connectivity index (χ0n) is 7.43. The van der Waals surface area contributed by atoms with Crippen molar-refractivity contribution in [3.05, 3.63) is 0 Å². The van der Waals surface area contributed by atoms with E-state index in [9.17, 15) is 0 Å². The molecule has 0 aliphatic heterocycles. The number of aliphatic hydroxyl groups is 1. The minimum Gasteiger partial charge on any atom is -0.396 e. The first-order valence-electron chi connectivity index (χ1n) is 4.31. The summed E-state index contributed by atoms with van der Waals surface area (Å²) in [5, 5.41) is 8.72. The summed E-state index contributed by atoms with van der Waals surface area (Å²) in [4.78, 5) is 0. The summed E-state index contributed by atoms with van der Waals surface area (Å²) in [6.45, 7) is 6.93. The van der Waals surface area contributed by atoms with Crippen LogP contribution in [0.25, 0.3) is 0 Å². The third-order valence-electron chi connectivity index (χ3n) is 2.16. The Bertz CT molecular complexity index is 61.1. The Morgan fingerprint density at radius 2 is 1.60 bits per heavy atom. The fraction of sp³-hybridized carbons (Fsp3) is 1.00. The summed E-state index contributed by atoms with van der Waals surface area (Å²) in [7, 11) is 0. The second-order valence-electron chi connectivity index (χ2n) is 3.38. The van der Waals surface area contributed by atoms with E-state index in [2.05, 4.69) is 20.8 Å². The summed E-state index contributed by atoms with van der Waals surface area (Å²) in [5.41, 5.74) is 0. The van der Waals surface area contributed by atoms with E-state index in [-0.39, 0.29) is 0 Å². The molecule has 0 aliphatic rings. The molecule has 1 nitrogen and oxygen atoms in total. The van der Waals surface area contributed by atoms with Gasteiger partial charge in [-0.2, -0.15) is 0 Å². The highest BCUT2D eigenvalue weighted by Crippen LogP contribution is 2.13. The number of hydrogen-bond acceptors (Lipinski definition) is 1. The molecule has 0 spiro atoms. The molecule has 10 heavy (non-hydrogen) atoms. The van der Waals surface area contributed by atoms with Gasteiger partial charge in [-0.1, -0.05) is 33.6 Å². The van der Waals surface area contributed by atoms with Crippen LogP contribution in [0.1, 0.15) is 40.0 Å². The summed E-state index contributed by atoms with van der Waals surface area (Å²) >= 11 is 0. The predicted octanol–water partition coefficient (Wildman–Crippen LogP) is 2.44. The molecular formula is C9H20O. The van der Waals surface area contributed by atoms with E-state index in [1.54, 1.807) is 0 Å². The van der Waals surface area contributed by atoms with Crippen LogP contribution >= 0.6 is 0 Å². The van der Waals surface area contributed by atoms with Crippen molar-refractivity contribution in [2.45, 2.75) is 40.0 Å². The van der Waals surface area contributed by atoms with Gasteiger partial charge in [0.05, 0.1) is 0 Å². The zero-order valence-corrected chi connectivity index (χ0v) is 7.43. The van der Waals surface area contributed by atoms with Crippen LogP contribution in [-0.2, 0) is 0 Å². The molecule has 0 fully saturated rings. The molecule has 1 heteroatoms. The van der Waals surface area contributed by atoms with E-state index < -0.39 is 0 Å². The Balaban J connectivity index is 3.17. The van der Waals surface area contributed by atoms with Gasteiger partial charge in [-0.15, -0.1) is 0 Å². The molecule has 62 valence electrons. The van der Waals surface area contributed by atoms with E-state index in [0.717, 1.165) is 5.92 Å². The first kappa shape index (κ1) is 9.96. The van der Waals surface area contributed by atoms with Gasteiger partial charge in [0.1, 0.15) is 0 Å². The third kappa shape index (κ3) is 4.80. The molecule has 0 heterocycles. The van der Waals surface area contributed by atoms with Crippen LogP contribution in [0.2, 0.25) is 0 Å². The zero-order chi connectivity index (χ0) is 7.98. The average molecular weight is 144 g/mol. The van der Waals surface area contributed by atoms with E-state index in [1.807, 2.05) is 0 Å². The molecule has 0 aromatic rings. The van der Waals surface area contributed by atoms with Gasteiger partial charge in [0.15, 0.2) is 0 Å². The van der Waals surface area contributed by atoms with Gasteiger partial charge in [-0.25, -0.2) is 0 Å². The molecule has 0 aliphatic carbocycles. The molecule has 0 saturated carbocycles. The van der Waals surface area contributed by atoms with E-state index in [4.69, 9.17) is 5.11 Å². The van der Waals surface area contributed by atoms with E-state index >= 15 is 0 Å². The second-order valence-corrected chi connectivity index (χ2v) is 3.38. The van der Waals surface area contributed by atoms with Gasteiger partial charge in [0.25, 0.3) is 0 Å². The first-order chi connectivity index (χ1) is 4.70. The smallest absolute Gasteiger partial charge is 0.0456 e. The standard InChI is InChI=1S/C9H20O/c1-4-8(2)5-6-9(3)7-10/h8-10H,4-7H2,1-3H3/t8-,9+/m0/s1. The molecule has 0 aromatic carbocycles. The van der Waals surface area contributed by atoms with E-state index in [1.165, 1.54) is 19.3 Å². The first-order valence-corrected chi connectivity index (χ1v) is 4.31. The molecule has 1 N–H and O–H groups in total.